The highest BCUT2D eigenvalue weighted by atomic mass is 15.0. The van der Waals surface area contributed by atoms with E-state index in [9.17, 15) is 0 Å². The third-order valence-corrected chi connectivity index (χ3v) is 4.30. The molecular formula is C19H24N2. The molecule has 0 amide bonds. The summed E-state index contributed by atoms with van der Waals surface area (Å²) in [5.41, 5.74) is 3.74. The molecule has 21 heavy (non-hydrogen) atoms. The number of hydrogen-bond donors (Lipinski definition) is 2. The van der Waals surface area contributed by atoms with E-state index >= 15 is 0 Å². The van der Waals surface area contributed by atoms with Gasteiger partial charge in [0.2, 0.25) is 0 Å². The van der Waals surface area contributed by atoms with E-state index in [0.29, 0.717) is 6.04 Å². The van der Waals surface area contributed by atoms with Gasteiger partial charge in [-0.2, -0.15) is 0 Å². The summed E-state index contributed by atoms with van der Waals surface area (Å²) in [6.07, 6.45) is 2.58. The van der Waals surface area contributed by atoms with Crippen LogP contribution in [-0.2, 0) is 0 Å². The van der Waals surface area contributed by atoms with Crippen LogP contribution in [0.25, 0.3) is 11.1 Å². The second kappa shape index (κ2) is 6.77. The van der Waals surface area contributed by atoms with Crippen LogP contribution >= 0.6 is 0 Å². The van der Waals surface area contributed by atoms with Crippen molar-refractivity contribution in [1.82, 2.24) is 5.32 Å². The highest BCUT2D eigenvalue weighted by Gasteiger charge is 2.17. The molecule has 2 aromatic rings. The van der Waals surface area contributed by atoms with E-state index in [-0.39, 0.29) is 0 Å². The molecule has 1 aliphatic rings. The van der Waals surface area contributed by atoms with Crippen LogP contribution in [0.15, 0.2) is 54.6 Å². The van der Waals surface area contributed by atoms with Crippen molar-refractivity contribution in [3.05, 3.63) is 54.6 Å². The molecule has 0 spiro atoms. The minimum absolute atomic E-state index is 0.600. The molecule has 0 radical (unpaired) electrons. The maximum absolute atomic E-state index is 3.59. The third kappa shape index (κ3) is 3.85. The van der Waals surface area contributed by atoms with Gasteiger partial charge in [0, 0.05) is 18.3 Å². The quantitative estimate of drug-likeness (QED) is 0.879. The molecule has 2 atom stereocenters. The van der Waals surface area contributed by atoms with Crippen molar-refractivity contribution in [3.8, 4) is 11.1 Å². The van der Waals surface area contributed by atoms with E-state index in [0.717, 1.165) is 19.0 Å². The van der Waals surface area contributed by atoms with Gasteiger partial charge in [-0.25, -0.2) is 0 Å². The Labute approximate surface area is 127 Å². The van der Waals surface area contributed by atoms with Crippen molar-refractivity contribution in [1.29, 1.82) is 0 Å². The van der Waals surface area contributed by atoms with Crippen LogP contribution in [0.1, 0.15) is 19.8 Å². The van der Waals surface area contributed by atoms with Crippen LogP contribution in [0, 0.1) is 5.92 Å². The lowest BCUT2D eigenvalue weighted by Crippen LogP contribution is -2.41. The Hall–Kier alpha value is -1.80. The number of hydrogen-bond acceptors (Lipinski definition) is 2. The summed E-state index contributed by atoms with van der Waals surface area (Å²) in [5.74, 6) is 0.846. The topological polar surface area (TPSA) is 24.1 Å². The largest absolute Gasteiger partial charge is 0.383 e. The van der Waals surface area contributed by atoms with Crippen LogP contribution in [0.5, 0.6) is 0 Å². The molecule has 0 bridgehead atoms. The van der Waals surface area contributed by atoms with Gasteiger partial charge in [-0.3, -0.25) is 0 Å². The number of nitrogens with one attached hydrogen (secondary N) is 2. The summed E-state index contributed by atoms with van der Waals surface area (Å²) in [6, 6.07) is 19.8. The van der Waals surface area contributed by atoms with Gasteiger partial charge in [-0.05, 0) is 48.6 Å². The summed E-state index contributed by atoms with van der Waals surface area (Å²) >= 11 is 0. The average Bonchev–Trinajstić information content (AvgIpc) is 2.54. The van der Waals surface area contributed by atoms with E-state index in [2.05, 4.69) is 72.2 Å². The Balaban J connectivity index is 1.57. The molecule has 0 aliphatic carbocycles. The summed E-state index contributed by atoms with van der Waals surface area (Å²) in [4.78, 5) is 0. The van der Waals surface area contributed by atoms with E-state index in [4.69, 9.17) is 0 Å². The first kappa shape index (κ1) is 14.2. The Bertz CT molecular complexity index is 548. The highest BCUT2D eigenvalue weighted by Crippen LogP contribution is 2.21. The SMILES string of the molecule is CC1CCNC(CNc2ccc(-c3ccccc3)cc2)C1. The lowest BCUT2D eigenvalue weighted by atomic mass is 9.94. The monoisotopic (exact) mass is 280 g/mol. The molecule has 110 valence electrons. The van der Waals surface area contributed by atoms with E-state index in [1.807, 2.05) is 0 Å². The Morgan fingerprint density at radius 1 is 1.00 bits per heavy atom. The second-order valence-corrected chi connectivity index (χ2v) is 6.10. The lowest BCUT2D eigenvalue weighted by molar-refractivity contribution is 0.329. The van der Waals surface area contributed by atoms with Gasteiger partial charge in [-0.15, -0.1) is 0 Å². The predicted molar refractivity (Wildman–Crippen MR) is 90.6 cm³/mol. The van der Waals surface area contributed by atoms with Crippen LogP contribution < -0.4 is 10.6 Å². The first-order valence-electron chi connectivity index (χ1n) is 7.94. The van der Waals surface area contributed by atoms with Gasteiger partial charge < -0.3 is 10.6 Å². The molecule has 1 saturated heterocycles. The van der Waals surface area contributed by atoms with Gasteiger partial charge in [0.25, 0.3) is 0 Å². The van der Waals surface area contributed by atoms with Gasteiger partial charge in [-0.1, -0.05) is 49.4 Å². The molecule has 1 aliphatic heterocycles. The summed E-state index contributed by atoms with van der Waals surface area (Å²) < 4.78 is 0. The number of piperidine rings is 1. The second-order valence-electron chi connectivity index (χ2n) is 6.10. The van der Waals surface area contributed by atoms with Crippen LogP contribution in [0.3, 0.4) is 0 Å². The molecule has 2 N–H and O–H groups in total. The molecule has 0 aromatic heterocycles. The fraction of sp³-hybridized carbons (Fsp3) is 0.368. The normalized spacial score (nSPS) is 22.0. The highest BCUT2D eigenvalue weighted by molar-refractivity contribution is 5.65. The van der Waals surface area contributed by atoms with Crippen molar-refractivity contribution in [2.45, 2.75) is 25.8 Å². The minimum Gasteiger partial charge on any atom is -0.383 e. The molecule has 2 unspecified atom stereocenters. The van der Waals surface area contributed by atoms with E-state index in [1.54, 1.807) is 0 Å². The maximum Gasteiger partial charge on any atom is 0.0341 e. The standard InChI is InChI=1S/C19H24N2/c1-15-11-12-20-19(13-15)14-21-18-9-7-17(8-10-18)16-5-3-2-4-6-16/h2-10,15,19-21H,11-14H2,1H3. The number of benzene rings is 2. The molecular weight excluding hydrogens is 256 g/mol. The Morgan fingerprint density at radius 3 is 2.43 bits per heavy atom. The van der Waals surface area contributed by atoms with Gasteiger partial charge in [0.1, 0.15) is 0 Å². The number of anilines is 1. The van der Waals surface area contributed by atoms with E-state index < -0.39 is 0 Å². The van der Waals surface area contributed by atoms with Crippen molar-refractivity contribution in [2.75, 3.05) is 18.4 Å². The predicted octanol–water partition coefficient (Wildman–Crippen LogP) is 4.15. The summed E-state index contributed by atoms with van der Waals surface area (Å²) in [5, 5.41) is 7.15. The third-order valence-electron chi connectivity index (χ3n) is 4.30. The zero-order valence-electron chi connectivity index (χ0n) is 12.7. The van der Waals surface area contributed by atoms with Crippen molar-refractivity contribution < 1.29 is 0 Å². The molecule has 1 heterocycles. The molecule has 2 aromatic carbocycles. The molecule has 2 heteroatoms. The zero-order chi connectivity index (χ0) is 14.5. The zero-order valence-corrected chi connectivity index (χ0v) is 12.7. The molecule has 1 fully saturated rings. The van der Waals surface area contributed by atoms with Crippen LogP contribution in [-0.4, -0.2) is 19.1 Å². The first-order valence-corrected chi connectivity index (χ1v) is 7.94. The Morgan fingerprint density at radius 2 is 1.71 bits per heavy atom. The molecule has 2 nitrogen and oxygen atoms in total. The number of rotatable bonds is 4. The fourth-order valence-corrected chi connectivity index (χ4v) is 3.03. The summed E-state index contributed by atoms with van der Waals surface area (Å²) in [6.45, 7) is 4.51. The van der Waals surface area contributed by atoms with Crippen LogP contribution in [0.2, 0.25) is 0 Å². The van der Waals surface area contributed by atoms with Crippen molar-refractivity contribution >= 4 is 5.69 Å². The minimum atomic E-state index is 0.600. The van der Waals surface area contributed by atoms with Crippen LogP contribution in [0.4, 0.5) is 5.69 Å². The summed E-state index contributed by atoms with van der Waals surface area (Å²) in [7, 11) is 0. The molecule has 0 saturated carbocycles. The smallest absolute Gasteiger partial charge is 0.0341 e. The van der Waals surface area contributed by atoms with Gasteiger partial charge in [0.15, 0.2) is 0 Å². The fourth-order valence-electron chi connectivity index (χ4n) is 3.03. The van der Waals surface area contributed by atoms with Crippen molar-refractivity contribution in [3.63, 3.8) is 0 Å². The molecule has 3 rings (SSSR count). The first-order chi connectivity index (χ1) is 10.3. The van der Waals surface area contributed by atoms with Gasteiger partial charge >= 0.3 is 0 Å². The van der Waals surface area contributed by atoms with Crippen molar-refractivity contribution in [2.24, 2.45) is 5.92 Å². The van der Waals surface area contributed by atoms with Gasteiger partial charge in [0.05, 0.1) is 0 Å². The lowest BCUT2D eigenvalue weighted by Gasteiger charge is -2.28. The average molecular weight is 280 g/mol. The van der Waals surface area contributed by atoms with E-state index in [1.165, 1.54) is 29.7 Å². The Kier molecular flexibility index (Phi) is 4.56. The maximum atomic E-state index is 3.59.